The number of nitrogens with one attached hydrogen (secondary N) is 2. The Hall–Kier alpha value is -2.95. The summed E-state index contributed by atoms with van der Waals surface area (Å²) in [4.78, 5) is 18.4. The fourth-order valence-electron chi connectivity index (χ4n) is 3.88. The predicted molar refractivity (Wildman–Crippen MR) is 104 cm³/mol. The number of carbonyl (C=O) groups is 1. The van der Waals surface area contributed by atoms with E-state index in [9.17, 15) is 4.79 Å². The summed E-state index contributed by atoms with van der Waals surface area (Å²) in [5.74, 6) is 0.728. The van der Waals surface area contributed by atoms with E-state index in [4.69, 9.17) is 4.74 Å². The fourth-order valence-corrected chi connectivity index (χ4v) is 3.88. The van der Waals surface area contributed by atoms with E-state index in [1.807, 2.05) is 35.2 Å². The zero-order chi connectivity index (χ0) is 18.1. The van der Waals surface area contributed by atoms with Crippen LogP contribution in [-0.2, 0) is 6.42 Å². The summed E-state index contributed by atoms with van der Waals surface area (Å²) in [6.07, 6.45) is 1.73. The van der Waals surface area contributed by atoms with Gasteiger partial charge in [-0.25, -0.2) is 4.79 Å². The summed E-state index contributed by atoms with van der Waals surface area (Å²) in [5.41, 5.74) is 4.40. The summed E-state index contributed by atoms with van der Waals surface area (Å²) >= 11 is 0. The van der Waals surface area contributed by atoms with Crippen LogP contribution in [0.25, 0.3) is 10.9 Å². The Morgan fingerprint density at radius 1 is 1.27 bits per heavy atom. The highest BCUT2D eigenvalue weighted by Gasteiger charge is 2.32. The number of aromatic nitrogens is 1. The lowest BCUT2D eigenvalue weighted by atomic mass is 9.96. The molecule has 3 aromatic rings. The quantitative estimate of drug-likeness (QED) is 0.719. The molecule has 0 radical (unpaired) electrons. The first-order valence-corrected chi connectivity index (χ1v) is 9.02. The highest BCUT2D eigenvalue weighted by atomic mass is 16.5. The monoisotopic (exact) mass is 349 g/mol. The van der Waals surface area contributed by atoms with Gasteiger partial charge in [-0.3, -0.25) is 0 Å². The molecule has 5 nitrogen and oxygen atoms in total. The second kappa shape index (κ2) is 6.75. The largest absolute Gasteiger partial charge is 0.497 e. The van der Waals surface area contributed by atoms with Gasteiger partial charge >= 0.3 is 6.03 Å². The van der Waals surface area contributed by atoms with Gasteiger partial charge in [0.25, 0.3) is 0 Å². The number of carbonyl (C=O) groups excluding carboxylic acids is 1. The highest BCUT2D eigenvalue weighted by molar-refractivity contribution is 5.91. The molecule has 0 saturated carbocycles. The number of hydrogen-bond donors (Lipinski definition) is 2. The first-order valence-electron chi connectivity index (χ1n) is 9.02. The fraction of sp³-hybridized carbons (Fsp3) is 0.286. The first-order chi connectivity index (χ1) is 12.7. The molecule has 1 aliphatic heterocycles. The van der Waals surface area contributed by atoms with Crippen molar-refractivity contribution in [2.45, 2.75) is 25.8 Å². The maximum atomic E-state index is 12.9. The third-order valence-electron chi connectivity index (χ3n) is 5.13. The number of amides is 2. The Bertz CT molecular complexity index is 947. The maximum Gasteiger partial charge on any atom is 0.322 e. The van der Waals surface area contributed by atoms with E-state index < -0.39 is 0 Å². The number of fused-ring (bicyclic) bond motifs is 3. The molecule has 0 aliphatic carbocycles. The zero-order valence-electron chi connectivity index (χ0n) is 15.1. The Balaban J connectivity index is 1.61. The van der Waals surface area contributed by atoms with Crippen LogP contribution in [-0.4, -0.2) is 29.6 Å². The summed E-state index contributed by atoms with van der Waals surface area (Å²) < 4.78 is 5.23. The normalized spacial score (nSPS) is 16.4. The van der Waals surface area contributed by atoms with Gasteiger partial charge in [-0.05, 0) is 36.6 Å². The second-order valence-corrected chi connectivity index (χ2v) is 6.59. The Kier molecular flexibility index (Phi) is 4.29. The molecule has 1 atom stereocenters. The SMILES string of the molecule is CC[C@@H]1c2[nH]c3ccccc3c2CCN1C(=O)Nc1cccc(OC)c1. The lowest BCUT2D eigenvalue weighted by molar-refractivity contribution is 0.179. The number of H-pyrrole nitrogens is 1. The van der Waals surface area contributed by atoms with E-state index >= 15 is 0 Å². The Labute approximate surface area is 153 Å². The van der Waals surface area contributed by atoms with E-state index in [1.165, 1.54) is 16.6 Å². The molecule has 2 heterocycles. The summed E-state index contributed by atoms with van der Waals surface area (Å²) in [6.45, 7) is 2.83. The number of aromatic amines is 1. The summed E-state index contributed by atoms with van der Waals surface area (Å²) in [7, 11) is 1.62. The maximum absolute atomic E-state index is 12.9. The van der Waals surface area contributed by atoms with Gasteiger partial charge in [0.2, 0.25) is 0 Å². The van der Waals surface area contributed by atoms with E-state index in [-0.39, 0.29) is 12.1 Å². The highest BCUT2D eigenvalue weighted by Crippen LogP contribution is 2.36. The molecular formula is C21H23N3O2. The molecule has 4 rings (SSSR count). The van der Waals surface area contributed by atoms with Crippen molar-refractivity contribution >= 4 is 22.6 Å². The molecule has 0 bridgehead atoms. The summed E-state index contributed by atoms with van der Waals surface area (Å²) in [5, 5.41) is 4.28. The molecular weight excluding hydrogens is 326 g/mol. The van der Waals surface area contributed by atoms with Gasteiger partial charge in [-0.1, -0.05) is 31.2 Å². The minimum atomic E-state index is -0.0746. The van der Waals surface area contributed by atoms with Crippen molar-refractivity contribution in [3.8, 4) is 5.75 Å². The van der Waals surface area contributed by atoms with Crippen molar-refractivity contribution in [1.29, 1.82) is 0 Å². The lowest BCUT2D eigenvalue weighted by Gasteiger charge is -2.35. The number of anilines is 1. The van der Waals surface area contributed by atoms with Crippen molar-refractivity contribution in [2.24, 2.45) is 0 Å². The number of hydrogen-bond acceptors (Lipinski definition) is 2. The van der Waals surface area contributed by atoms with Crippen molar-refractivity contribution < 1.29 is 9.53 Å². The van der Waals surface area contributed by atoms with Crippen LogP contribution in [0.2, 0.25) is 0 Å². The minimum Gasteiger partial charge on any atom is -0.497 e. The van der Waals surface area contributed by atoms with Crippen LogP contribution in [0, 0.1) is 0 Å². The van der Waals surface area contributed by atoms with E-state index in [1.54, 1.807) is 7.11 Å². The molecule has 5 heteroatoms. The van der Waals surface area contributed by atoms with E-state index in [0.29, 0.717) is 6.54 Å². The molecule has 134 valence electrons. The standard InChI is InChI=1S/C21H23N3O2/c1-3-19-20-17(16-9-4-5-10-18(16)23-20)11-12-24(19)21(25)22-14-7-6-8-15(13-14)26-2/h4-10,13,19,23H,3,11-12H2,1-2H3,(H,22,25)/t19-/m1/s1. The minimum absolute atomic E-state index is 0.0526. The van der Waals surface area contributed by atoms with Crippen molar-refractivity contribution in [3.63, 3.8) is 0 Å². The number of benzene rings is 2. The topological polar surface area (TPSA) is 57.4 Å². The Morgan fingerprint density at radius 2 is 2.12 bits per heavy atom. The van der Waals surface area contributed by atoms with Crippen LogP contribution in [0.1, 0.15) is 30.6 Å². The molecule has 2 amide bonds. The van der Waals surface area contributed by atoms with Gasteiger partial charge in [0.15, 0.2) is 0 Å². The van der Waals surface area contributed by atoms with Crippen LogP contribution in [0.3, 0.4) is 0 Å². The number of nitrogens with zero attached hydrogens (tertiary/aromatic N) is 1. The first kappa shape index (κ1) is 16.5. The second-order valence-electron chi connectivity index (χ2n) is 6.59. The third kappa shape index (κ3) is 2.79. The lowest BCUT2D eigenvalue weighted by Crippen LogP contribution is -2.42. The van der Waals surface area contributed by atoms with Crippen LogP contribution < -0.4 is 10.1 Å². The van der Waals surface area contributed by atoms with Crippen molar-refractivity contribution in [1.82, 2.24) is 9.88 Å². The smallest absolute Gasteiger partial charge is 0.322 e. The Morgan fingerprint density at radius 3 is 2.92 bits per heavy atom. The molecule has 0 spiro atoms. The van der Waals surface area contributed by atoms with Gasteiger partial charge in [0, 0.05) is 34.9 Å². The average Bonchev–Trinajstić information content (AvgIpc) is 3.06. The molecule has 2 N–H and O–H groups in total. The molecule has 26 heavy (non-hydrogen) atoms. The van der Waals surface area contributed by atoms with Crippen molar-refractivity contribution in [3.05, 3.63) is 59.8 Å². The molecule has 1 aliphatic rings. The average molecular weight is 349 g/mol. The molecule has 0 fully saturated rings. The van der Waals surface area contributed by atoms with Crippen LogP contribution in [0.4, 0.5) is 10.5 Å². The van der Waals surface area contributed by atoms with E-state index in [2.05, 4.69) is 35.4 Å². The van der Waals surface area contributed by atoms with Gasteiger partial charge < -0.3 is 19.9 Å². The van der Waals surface area contributed by atoms with Gasteiger partial charge in [0.1, 0.15) is 5.75 Å². The number of ether oxygens (including phenoxy) is 1. The number of para-hydroxylation sites is 1. The molecule has 0 unspecified atom stereocenters. The molecule has 2 aromatic carbocycles. The predicted octanol–water partition coefficient (Wildman–Crippen LogP) is 4.72. The third-order valence-corrected chi connectivity index (χ3v) is 5.13. The van der Waals surface area contributed by atoms with E-state index in [0.717, 1.165) is 29.8 Å². The van der Waals surface area contributed by atoms with Gasteiger partial charge in [-0.15, -0.1) is 0 Å². The van der Waals surface area contributed by atoms with Crippen molar-refractivity contribution in [2.75, 3.05) is 19.0 Å². The number of urea groups is 1. The molecule has 0 saturated heterocycles. The van der Waals surface area contributed by atoms with Gasteiger partial charge in [0.05, 0.1) is 13.2 Å². The van der Waals surface area contributed by atoms with Crippen LogP contribution >= 0.6 is 0 Å². The van der Waals surface area contributed by atoms with Gasteiger partial charge in [-0.2, -0.15) is 0 Å². The van der Waals surface area contributed by atoms with Crippen LogP contribution in [0.5, 0.6) is 5.75 Å². The molecule has 1 aromatic heterocycles. The zero-order valence-corrected chi connectivity index (χ0v) is 15.1. The summed E-state index contributed by atoms with van der Waals surface area (Å²) in [6, 6.07) is 15.8. The van der Waals surface area contributed by atoms with Crippen LogP contribution in [0.15, 0.2) is 48.5 Å². The number of methoxy groups -OCH3 is 1. The number of rotatable bonds is 3.